The molecule has 15 heavy (non-hydrogen) atoms. The fraction of sp³-hybridized carbons (Fsp3) is 0.200. The lowest BCUT2D eigenvalue weighted by molar-refractivity contribution is -0.137. The van der Waals surface area contributed by atoms with E-state index in [-0.39, 0.29) is 11.6 Å². The van der Waals surface area contributed by atoms with Crippen LogP contribution in [0.25, 0.3) is 6.08 Å². The number of aliphatic hydroxyl groups is 1. The Bertz CT molecular complexity index is 371. The smallest absolute Gasteiger partial charge is 0.392 e. The largest absolute Gasteiger partial charge is 0.416 e. The normalized spacial score (nSPS) is 12.3. The maximum atomic E-state index is 12.3. The summed E-state index contributed by atoms with van der Waals surface area (Å²) in [7, 11) is 0. The summed E-state index contributed by atoms with van der Waals surface area (Å²) in [6, 6.07) is 3.22. The molecule has 0 spiro atoms. The summed E-state index contributed by atoms with van der Waals surface area (Å²) in [6.07, 6.45) is -1.69. The lowest BCUT2D eigenvalue weighted by Gasteiger charge is -2.07. The number of rotatable bonds is 2. The second kappa shape index (κ2) is 4.68. The average Bonchev–Trinajstić information content (AvgIpc) is 2.12. The fourth-order valence-electron chi connectivity index (χ4n) is 1.06. The third-order valence-electron chi connectivity index (χ3n) is 1.66. The van der Waals surface area contributed by atoms with Gasteiger partial charge in [-0.1, -0.05) is 23.8 Å². The minimum atomic E-state index is -4.41. The summed E-state index contributed by atoms with van der Waals surface area (Å²) >= 11 is 5.54. The van der Waals surface area contributed by atoms with Crippen LogP contribution in [0.2, 0.25) is 5.02 Å². The lowest BCUT2D eigenvalue weighted by atomic mass is 10.1. The average molecular weight is 237 g/mol. The molecule has 1 aromatic rings. The first-order valence-corrected chi connectivity index (χ1v) is 4.46. The number of hydrogen-bond acceptors (Lipinski definition) is 1. The molecule has 0 radical (unpaired) electrons. The van der Waals surface area contributed by atoms with E-state index in [0.29, 0.717) is 5.56 Å². The van der Waals surface area contributed by atoms with Crippen LogP contribution in [-0.4, -0.2) is 11.7 Å². The highest BCUT2D eigenvalue weighted by molar-refractivity contribution is 6.30. The first-order valence-electron chi connectivity index (χ1n) is 4.08. The molecule has 1 nitrogen and oxygen atoms in total. The van der Waals surface area contributed by atoms with Crippen molar-refractivity contribution in [3.8, 4) is 0 Å². The predicted octanol–water partition coefficient (Wildman–Crippen LogP) is 3.36. The SMILES string of the molecule is OCC=Cc1cc(Cl)cc(C(F)(F)F)c1. The summed E-state index contributed by atoms with van der Waals surface area (Å²) in [5.74, 6) is 0. The molecule has 0 unspecified atom stereocenters. The van der Waals surface area contributed by atoms with Crippen LogP contribution in [0.4, 0.5) is 13.2 Å². The molecule has 0 atom stereocenters. The van der Waals surface area contributed by atoms with Gasteiger partial charge in [0.05, 0.1) is 12.2 Å². The van der Waals surface area contributed by atoms with E-state index in [2.05, 4.69) is 0 Å². The van der Waals surface area contributed by atoms with Gasteiger partial charge in [-0.15, -0.1) is 0 Å². The van der Waals surface area contributed by atoms with Crippen molar-refractivity contribution in [2.24, 2.45) is 0 Å². The van der Waals surface area contributed by atoms with Crippen LogP contribution in [0.5, 0.6) is 0 Å². The van der Waals surface area contributed by atoms with Crippen LogP contribution >= 0.6 is 11.6 Å². The Morgan fingerprint density at radius 2 is 1.93 bits per heavy atom. The van der Waals surface area contributed by atoms with Crippen LogP contribution in [-0.2, 0) is 6.18 Å². The number of alkyl halides is 3. The van der Waals surface area contributed by atoms with Gasteiger partial charge in [0.25, 0.3) is 0 Å². The fourth-order valence-corrected chi connectivity index (χ4v) is 1.30. The predicted molar refractivity (Wildman–Crippen MR) is 52.6 cm³/mol. The second-order valence-electron chi connectivity index (χ2n) is 2.86. The van der Waals surface area contributed by atoms with Gasteiger partial charge in [-0.05, 0) is 23.8 Å². The van der Waals surface area contributed by atoms with Crippen molar-refractivity contribution < 1.29 is 18.3 Å². The Balaban J connectivity index is 3.11. The van der Waals surface area contributed by atoms with Gasteiger partial charge < -0.3 is 5.11 Å². The van der Waals surface area contributed by atoms with Crippen LogP contribution in [0.1, 0.15) is 11.1 Å². The van der Waals surface area contributed by atoms with Crippen LogP contribution in [0.15, 0.2) is 24.3 Å². The van der Waals surface area contributed by atoms with E-state index in [4.69, 9.17) is 16.7 Å². The second-order valence-corrected chi connectivity index (χ2v) is 3.29. The third-order valence-corrected chi connectivity index (χ3v) is 1.88. The van der Waals surface area contributed by atoms with Crippen molar-refractivity contribution in [2.75, 3.05) is 6.61 Å². The maximum Gasteiger partial charge on any atom is 0.416 e. The lowest BCUT2D eigenvalue weighted by Crippen LogP contribution is -2.04. The molecule has 0 saturated heterocycles. The molecule has 82 valence electrons. The van der Waals surface area contributed by atoms with Gasteiger partial charge >= 0.3 is 6.18 Å². The highest BCUT2D eigenvalue weighted by Gasteiger charge is 2.30. The van der Waals surface area contributed by atoms with Crippen molar-refractivity contribution in [1.82, 2.24) is 0 Å². The molecule has 1 aromatic carbocycles. The molecular formula is C10H8ClF3O. The van der Waals surface area contributed by atoms with Gasteiger partial charge in [-0.2, -0.15) is 13.2 Å². The minimum absolute atomic E-state index is 0.0161. The van der Waals surface area contributed by atoms with E-state index in [1.807, 2.05) is 0 Å². The highest BCUT2D eigenvalue weighted by Crippen LogP contribution is 2.32. The molecular weight excluding hydrogens is 229 g/mol. The van der Waals surface area contributed by atoms with Gasteiger partial charge in [-0.25, -0.2) is 0 Å². The Morgan fingerprint density at radius 1 is 1.27 bits per heavy atom. The topological polar surface area (TPSA) is 20.2 Å². The maximum absolute atomic E-state index is 12.3. The van der Waals surface area contributed by atoms with Gasteiger partial charge in [0, 0.05) is 5.02 Å². The van der Waals surface area contributed by atoms with Crippen LogP contribution in [0, 0.1) is 0 Å². The van der Waals surface area contributed by atoms with Gasteiger partial charge in [-0.3, -0.25) is 0 Å². The van der Waals surface area contributed by atoms with Crippen molar-refractivity contribution in [3.63, 3.8) is 0 Å². The molecule has 0 aliphatic rings. The van der Waals surface area contributed by atoms with E-state index < -0.39 is 11.7 Å². The van der Waals surface area contributed by atoms with Gasteiger partial charge in [0.1, 0.15) is 0 Å². The first-order chi connectivity index (χ1) is 6.93. The van der Waals surface area contributed by atoms with E-state index >= 15 is 0 Å². The van der Waals surface area contributed by atoms with Crippen LogP contribution < -0.4 is 0 Å². The van der Waals surface area contributed by atoms with E-state index in [1.54, 1.807) is 0 Å². The number of aliphatic hydroxyl groups excluding tert-OH is 1. The highest BCUT2D eigenvalue weighted by atomic mass is 35.5. The molecule has 0 heterocycles. The van der Waals surface area contributed by atoms with Gasteiger partial charge in [0.2, 0.25) is 0 Å². The third kappa shape index (κ3) is 3.57. The van der Waals surface area contributed by atoms with Crippen molar-refractivity contribution in [2.45, 2.75) is 6.18 Å². The molecule has 0 fully saturated rings. The molecule has 0 aliphatic heterocycles. The zero-order valence-electron chi connectivity index (χ0n) is 7.55. The Kier molecular flexibility index (Phi) is 3.77. The van der Waals surface area contributed by atoms with Crippen molar-refractivity contribution >= 4 is 17.7 Å². The molecule has 1 N–H and O–H groups in total. The number of hydrogen-bond donors (Lipinski definition) is 1. The Labute approximate surface area is 89.8 Å². The molecule has 0 aliphatic carbocycles. The molecule has 0 aromatic heterocycles. The zero-order chi connectivity index (χ0) is 11.5. The first kappa shape index (κ1) is 12.1. The van der Waals surface area contributed by atoms with Crippen LogP contribution in [0.3, 0.4) is 0 Å². The molecule has 0 saturated carbocycles. The van der Waals surface area contributed by atoms with Crippen molar-refractivity contribution in [1.29, 1.82) is 0 Å². The summed E-state index contributed by atoms with van der Waals surface area (Å²) in [5, 5.41) is 8.50. The summed E-state index contributed by atoms with van der Waals surface area (Å²) < 4.78 is 37.0. The summed E-state index contributed by atoms with van der Waals surface area (Å²) in [5.41, 5.74) is -0.489. The quantitative estimate of drug-likeness (QED) is 0.835. The molecule has 5 heteroatoms. The standard InChI is InChI=1S/C10H8ClF3O/c11-9-5-7(2-1-3-15)4-8(6-9)10(12,13)14/h1-2,4-6,15H,3H2. The molecule has 0 amide bonds. The summed E-state index contributed by atoms with van der Waals surface area (Å²) in [6.45, 7) is -0.228. The van der Waals surface area contributed by atoms with E-state index in [0.717, 1.165) is 12.1 Å². The van der Waals surface area contributed by atoms with E-state index in [1.165, 1.54) is 18.2 Å². The number of halogens is 4. The zero-order valence-corrected chi connectivity index (χ0v) is 8.31. The molecule has 0 bridgehead atoms. The Morgan fingerprint density at radius 3 is 2.47 bits per heavy atom. The monoisotopic (exact) mass is 236 g/mol. The molecule has 1 rings (SSSR count). The summed E-state index contributed by atoms with van der Waals surface area (Å²) in [4.78, 5) is 0. The van der Waals surface area contributed by atoms with Crippen molar-refractivity contribution in [3.05, 3.63) is 40.4 Å². The minimum Gasteiger partial charge on any atom is -0.392 e. The Hall–Kier alpha value is -1.00. The van der Waals surface area contributed by atoms with E-state index in [9.17, 15) is 13.2 Å². The van der Waals surface area contributed by atoms with Gasteiger partial charge in [0.15, 0.2) is 0 Å². The number of benzene rings is 1.